The molecule has 0 aliphatic heterocycles. The number of rotatable bonds is 1. The normalized spacial score (nSPS) is 12.0. The van der Waals surface area contributed by atoms with E-state index >= 15 is 0 Å². The molecule has 3 rings (SSSR count). The molecule has 0 radical (unpaired) electrons. The molecule has 0 bridgehead atoms. The fraction of sp³-hybridized carbons (Fsp3) is 0.250. The molecule has 0 saturated heterocycles. The van der Waals surface area contributed by atoms with Gasteiger partial charge < -0.3 is 4.74 Å². The Morgan fingerprint density at radius 3 is 2.46 bits per heavy atom. The summed E-state index contributed by atoms with van der Waals surface area (Å²) in [5, 5.41) is 13.4. The quantitative estimate of drug-likeness (QED) is 0.562. The predicted molar refractivity (Wildman–Crippen MR) is 96.5 cm³/mol. The van der Waals surface area contributed by atoms with Crippen LogP contribution in [-0.4, -0.2) is 21.5 Å². The van der Waals surface area contributed by atoms with Gasteiger partial charge in [-0.3, -0.25) is 0 Å². The van der Waals surface area contributed by atoms with Crippen LogP contribution in [0, 0.1) is 11.3 Å². The minimum Gasteiger partial charge on any atom is -0.442 e. The Balaban J connectivity index is 2.26. The molecular weight excluding hydrogens is 371 g/mol. The summed E-state index contributed by atoms with van der Waals surface area (Å²) in [4.78, 5) is 12.5. The largest absolute Gasteiger partial charge is 0.442 e. The Hall–Kier alpha value is -3.34. The standard InChI is InChI=1S/C20H16F3N3O2/c1-19(2,3)28-18(27)26-16-8-7-14(20(21,22)23)10-15(16)17(25-26)13-6-4-5-12(9-13)11-24/h4-10H,1-3H3. The van der Waals surface area contributed by atoms with Gasteiger partial charge in [0.25, 0.3) is 0 Å². The average molecular weight is 387 g/mol. The van der Waals surface area contributed by atoms with Crippen LogP contribution in [0.25, 0.3) is 22.2 Å². The molecule has 2 aromatic carbocycles. The third-order valence-corrected chi connectivity index (χ3v) is 3.84. The second-order valence-electron chi connectivity index (χ2n) is 7.16. The summed E-state index contributed by atoms with van der Waals surface area (Å²) in [6.45, 7) is 5.03. The van der Waals surface area contributed by atoms with Crippen LogP contribution < -0.4 is 0 Å². The van der Waals surface area contributed by atoms with Crippen LogP contribution in [0.15, 0.2) is 42.5 Å². The number of aromatic nitrogens is 2. The fourth-order valence-electron chi connectivity index (χ4n) is 2.69. The molecule has 0 aliphatic carbocycles. The van der Waals surface area contributed by atoms with E-state index in [-0.39, 0.29) is 16.6 Å². The van der Waals surface area contributed by atoms with Gasteiger partial charge in [0.15, 0.2) is 0 Å². The summed E-state index contributed by atoms with van der Waals surface area (Å²) in [7, 11) is 0. The summed E-state index contributed by atoms with van der Waals surface area (Å²) < 4.78 is 45.8. The average Bonchev–Trinajstić information content (AvgIpc) is 2.98. The predicted octanol–water partition coefficient (Wildman–Crippen LogP) is 5.38. The number of benzene rings is 2. The fourth-order valence-corrected chi connectivity index (χ4v) is 2.69. The van der Waals surface area contributed by atoms with E-state index in [2.05, 4.69) is 5.10 Å². The van der Waals surface area contributed by atoms with Crippen molar-refractivity contribution in [3.63, 3.8) is 0 Å². The molecule has 0 aliphatic rings. The van der Waals surface area contributed by atoms with Gasteiger partial charge in [-0.2, -0.15) is 28.2 Å². The van der Waals surface area contributed by atoms with Crippen molar-refractivity contribution in [1.29, 1.82) is 5.26 Å². The Kier molecular flexibility index (Phi) is 4.63. The zero-order valence-electron chi connectivity index (χ0n) is 15.3. The van der Waals surface area contributed by atoms with Crippen LogP contribution in [0.2, 0.25) is 0 Å². The highest BCUT2D eigenvalue weighted by molar-refractivity contribution is 5.98. The van der Waals surface area contributed by atoms with Gasteiger partial charge in [0, 0.05) is 10.9 Å². The van der Waals surface area contributed by atoms with E-state index in [1.54, 1.807) is 39.0 Å². The first-order valence-electron chi connectivity index (χ1n) is 8.33. The molecule has 8 heteroatoms. The van der Waals surface area contributed by atoms with Gasteiger partial charge in [-0.25, -0.2) is 4.79 Å². The van der Waals surface area contributed by atoms with Crippen molar-refractivity contribution in [2.24, 2.45) is 0 Å². The molecule has 0 fully saturated rings. The lowest BCUT2D eigenvalue weighted by Gasteiger charge is -2.19. The van der Waals surface area contributed by atoms with E-state index in [9.17, 15) is 18.0 Å². The van der Waals surface area contributed by atoms with E-state index in [1.807, 2.05) is 6.07 Å². The molecule has 1 heterocycles. The number of nitrogens with zero attached hydrogens (tertiary/aromatic N) is 3. The van der Waals surface area contributed by atoms with Crippen LogP contribution >= 0.6 is 0 Å². The molecule has 5 nitrogen and oxygen atoms in total. The number of alkyl halides is 3. The van der Waals surface area contributed by atoms with Gasteiger partial charge in [-0.1, -0.05) is 12.1 Å². The highest BCUT2D eigenvalue weighted by Gasteiger charge is 2.32. The molecule has 0 unspecified atom stereocenters. The number of carbonyl (C=O) groups excluding carboxylic acids is 1. The summed E-state index contributed by atoms with van der Waals surface area (Å²) in [6.07, 6.45) is -5.35. The lowest BCUT2D eigenvalue weighted by atomic mass is 10.0. The van der Waals surface area contributed by atoms with E-state index < -0.39 is 23.4 Å². The maximum atomic E-state index is 13.2. The Morgan fingerprint density at radius 1 is 1.14 bits per heavy atom. The van der Waals surface area contributed by atoms with E-state index in [0.29, 0.717) is 11.1 Å². The van der Waals surface area contributed by atoms with Gasteiger partial charge >= 0.3 is 12.3 Å². The van der Waals surface area contributed by atoms with E-state index in [1.165, 1.54) is 12.1 Å². The van der Waals surface area contributed by atoms with Crippen molar-refractivity contribution in [1.82, 2.24) is 9.78 Å². The Bertz CT molecular complexity index is 1100. The van der Waals surface area contributed by atoms with Crippen molar-refractivity contribution >= 4 is 17.0 Å². The van der Waals surface area contributed by atoms with Crippen molar-refractivity contribution in [3.05, 3.63) is 53.6 Å². The smallest absolute Gasteiger partial charge is 0.435 e. The topological polar surface area (TPSA) is 67.9 Å². The Morgan fingerprint density at radius 2 is 1.86 bits per heavy atom. The number of carbonyl (C=O) groups is 1. The molecular formula is C20H16F3N3O2. The van der Waals surface area contributed by atoms with E-state index in [0.717, 1.165) is 16.8 Å². The van der Waals surface area contributed by atoms with E-state index in [4.69, 9.17) is 10.00 Å². The molecule has 0 spiro atoms. The summed E-state index contributed by atoms with van der Waals surface area (Å²) in [5.74, 6) is 0. The highest BCUT2D eigenvalue weighted by atomic mass is 19.4. The number of hydrogen-bond donors (Lipinski definition) is 0. The summed E-state index contributed by atoms with van der Waals surface area (Å²) in [5.41, 5.74) is -0.581. The molecule has 0 amide bonds. The van der Waals surface area contributed by atoms with Crippen LogP contribution in [0.3, 0.4) is 0 Å². The van der Waals surface area contributed by atoms with Crippen LogP contribution in [0.4, 0.5) is 18.0 Å². The summed E-state index contributed by atoms with van der Waals surface area (Å²) in [6, 6.07) is 11.3. The van der Waals surface area contributed by atoms with Crippen LogP contribution in [0.1, 0.15) is 31.9 Å². The number of ether oxygens (including phenoxy) is 1. The first kappa shape index (κ1) is 19.4. The minimum atomic E-state index is -4.55. The third kappa shape index (κ3) is 3.83. The molecule has 1 aromatic heterocycles. The third-order valence-electron chi connectivity index (χ3n) is 3.84. The number of hydrogen-bond acceptors (Lipinski definition) is 4. The lowest BCUT2D eigenvalue weighted by molar-refractivity contribution is -0.137. The first-order valence-corrected chi connectivity index (χ1v) is 8.33. The van der Waals surface area contributed by atoms with Crippen LogP contribution in [0.5, 0.6) is 0 Å². The van der Waals surface area contributed by atoms with Gasteiger partial charge in [-0.15, -0.1) is 0 Å². The Labute approximate surface area is 158 Å². The monoisotopic (exact) mass is 387 g/mol. The second-order valence-corrected chi connectivity index (χ2v) is 7.16. The molecule has 3 aromatic rings. The number of nitriles is 1. The number of fused-ring (bicyclic) bond motifs is 1. The maximum absolute atomic E-state index is 13.2. The van der Waals surface area contributed by atoms with Gasteiger partial charge in [0.05, 0.1) is 22.7 Å². The lowest BCUT2D eigenvalue weighted by Crippen LogP contribution is -2.27. The van der Waals surface area contributed by atoms with Gasteiger partial charge in [0.1, 0.15) is 11.3 Å². The van der Waals surface area contributed by atoms with Gasteiger partial charge in [-0.05, 0) is 51.1 Å². The molecule has 144 valence electrons. The SMILES string of the molecule is CC(C)(C)OC(=O)n1nc(-c2cccc(C#N)c2)c2cc(C(F)(F)F)ccc21. The zero-order valence-corrected chi connectivity index (χ0v) is 15.3. The molecule has 0 saturated carbocycles. The number of halogens is 3. The molecule has 0 atom stereocenters. The minimum absolute atomic E-state index is 0.135. The molecule has 28 heavy (non-hydrogen) atoms. The van der Waals surface area contributed by atoms with Gasteiger partial charge in [0.2, 0.25) is 0 Å². The van der Waals surface area contributed by atoms with Crippen LogP contribution in [-0.2, 0) is 10.9 Å². The van der Waals surface area contributed by atoms with Crippen molar-refractivity contribution < 1.29 is 22.7 Å². The summed E-state index contributed by atoms with van der Waals surface area (Å²) >= 11 is 0. The van der Waals surface area contributed by atoms with Crippen molar-refractivity contribution in [3.8, 4) is 17.3 Å². The maximum Gasteiger partial charge on any atom is 0.435 e. The highest BCUT2D eigenvalue weighted by Crippen LogP contribution is 2.35. The first-order chi connectivity index (χ1) is 13.0. The molecule has 0 N–H and O–H groups in total. The second kappa shape index (κ2) is 6.68. The zero-order chi connectivity index (χ0) is 20.7. The van der Waals surface area contributed by atoms with Crippen molar-refractivity contribution in [2.75, 3.05) is 0 Å². The van der Waals surface area contributed by atoms with Crippen molar-refractivity contribution in [2.45, 2.75) is 32.5 Å².